The minimum atomic E-state index is -1.73. The lowest BCUT2D eigenvalue weighted by molar-refractivity contribution is 0.217. The third-order valence-corrected chi connectivity index (χ3v) is 1.87. The Balaban J connectivity index is 3.64. The highest BCUT2D eigenvalue weighted by Crippen LogP contribution is 2.30. The van der Waals surface area contributed by atoms with Crippen molar-refractivity contribution in [3.05, 3.63) is 0 Å². The van der Waals surface area contributed by atoms with Crippen LogP contribution in [0, 0.1) is 0 Å². The summed E-state index contributed by atoms with van der Waals surface area (Å²) in [4.78, 5) is 9.88. The van der Waals surface area contributed by atoms with E-state index in [1.54, 1.807) is 0 Å². The molecule has 0 aliphatic carbocycles. The van der Waals surface area contributed by atoms with Gasteiger partial charge in [0.25, 0.3) is 0 Å². The highest BCUT2D eigenvalue weighted by Gasteiger charge is 2.16. The third kappa shape index (κ3) is 2.21. The van der Waals surface area contributed by atoms with Crippen molar-refractivity contribution in [3.63, 3.8) is 0 Å². The van der Waals surface area contributed by atoms with Gasteiger partial charge in [-0.05, 0) is 6.92 Å². The van der Waals surface area contributed by atoms with E-state index in [-0.39, 0.29) is 0 Å². The smallest absolute Gasteiger partial charge is 0.341 e. The Morgan fingerprint density at radius 3 is 2.25 bits per heavy atom. The predicted octanol–water partition coefficient (Wildman–Crippen LogP) is 0.358. The quantitative estimate of drug-likeness (QED) is 0.479. The molecule has 5 heteroatoms. The standard InChI is InChI=1S/C3H8NO3P/c1-2(5)8(4)3(6)7/h2,5H,4H2,1H3,(H,6,7)/t2-,8?/m0/s1. The summed E-state index contributed by atoms with van der Waals surface area (Å²) in [7, 11) is -1.73. The number of nitrogens with two attached hydrogens (primary N) is 1. The van der Waals surface area contributed by atoms with Crippen LogP contribution in [0.5, 0.6) is 0 Å². The molecule has 0 aromatic rings. The van der Waals surface area contributed by atoms with Crippen LogP contribution in [0.3, 0.4) is 0 Å². The van der Waals surface area contributed by atoms with Crippen LogP contribution in [-0.2, 0) is 0 Å². The zero-order valence-electron chi connectivity index (χ0n) is 4.40. The maximum Gasteiger partial charge on any atom is 0.341 e. The van der Waals surface area contributed by atoms with Crippen LogP contribution in [0.4, 0.5) is 4.79 Å². The van der Waals surface area contributed by atoms with Crippen molar-refractivity contribution in [2.75, 3.05) is 0 Å². The lowest BCUT2D eigenvalue weighted by atomic mass is 10.9. The normalized spacial score (nSPS) is 17.4. The summed E-state index contributed by atoms with van der Waals surface area (Å²) in [6.07, 6.45) is 0. The molecule has 8 heavy (non-hydrogen) atoms. The van der Waals surface area contributed by atoms with Crippen molar-refractivity contribution in [1.29, 1.82) is 0 Å². The highest BCUT2D eigenvalue weighted by molar-refractivity contribution is 7.72. The van der Waals surface area contributed by atoms with E-state index in [9.17, 15) is 4.79 Å². The molecule has 0 amide bonds. The van der Waals surface area contributed by atoms with Gasteiger partial charge in [0.15, 0.2) is 0 Å². The van der Waals surface area contributed by atoms with Crippen LogP contribution >= 0.6 is 8.07 Å². The maximum atomic E-state index is 9.88. The summed E-state index contributed by atoms with van der Waals surface area (Å²) in [5, 5.41) is 16.6. The van der Waals surface area contributed by atoms with Crippen LogP contribution in [0.1, 0.15) is 6.92 Å². The van der Waals surface area contributed by atoms with Crippen LogP contribution in [0.15, 0.2) is 0 Å². The van der Waals surface area contributed by atoms with Gasteiger partial charge in [-0.1, -0.05) is 0 Å². The molecule has 0 spiro atoms. The number of aliphatic hydroxyl groups excluding tert-OH is 1. The SMILES string of the molecule is C[C@@H](O)P(N)C(=O)O. The number of carboxylic acid groups (broad SMARTS) is 1. The molecule has 0 aliphatic heterocycles. The van der Waals surface area contributed by atoms with Crippen molar-refractivity contribution < 1.29 is 15.0 Å². The first-order valence-corrected chi connectivity index (χ1v) is 3.48. The lowest BCUT2D eigenvalue weighted by Crippen LogP contribution is -2.10. The number of hydrogen-bond donors (Lipinski definition) is 3. The summed E-state index contributed by atoms with van der Waals surface area (Å²) in [5.41, 5.74) is 3.86. The van der Waals surface area contributed by atoms with Crippen LogP contribution < -0.4 is 5.50 Å². The molecular formula is C3H8NO3P. The maximum absolute atomic E-state index is 9.88. The van der Waals surface area contributed by atoms with Gasteiger partial charge in [-0.3, -0.25) is 5.50 Å². The lowest BCUT2D eigenvalue weighted by Gasteiger charge is -2.06. The molecule has 0 aromatic heterocycles. The minimum Gasteiger partial charge on any atom is -0.477 e. The minimum absolute atomic E-state index is 0.914. The Kier molecular flexibility index (Phi) is 2.90. The first-order valence-electron chi connectivity index (χ1n) is 2.00. The summed E-state index contributed by atoms with van der Waals surface area (Å²) in [6.45, 7) is 1.36. The first kappa shape index (κ1) is 7.82. The Morgan fingerprint density at radius 1 is 1.88 bits per heavy atom. The fraction of sp³-hybridized carbons (Fsp3) is 0.667. The van der Waals surface area contributed by atoms with Gasteiger partial charge in [-0.15, -0.1) is 0 Å². The molecule has 4 N–H and O–H groups in total. The van der Waals surface area contributed by atoms with Gasteiger partial charge in [0.1, 0.15) is 8.07 Å². The van der Waals surface area contributed by atoms with E-state index in [2.05, 4.69) is 0 Å². The summed E-state index contributed by atoms with van der Waals surface area (Å²) in [5.74, 6) is -0.914. The van der Waals surface area contributed by atoms with Crippen molar-refractivity contribution in [3.8, 4) is 0 Å². The molecule has 0 aliphatic rings. The largest absolute Gasteiger partial charge is 0.477 e. The van der Waals surface area contributed by atoms with Crippen LogP contribution in [0.25, 0.3) is 0 Å². The van der Waals surface area contributed by atoms with E-state index in [1.165, 1.54) is 6.92 Å². The van der Waals surface area contributed by atoms with E-state index in [4.69, 9.17) is 15.7 Å². The molecule has 0 heterocycles. The van der Waals surface area contributed by atoms with Gasteiger partial charge < -0.3 is 10.2 Å². The van der Waals surface area contributed by atoms with Gasteiger partial charge in [-0.2, -0.15) is 0 Å². The zero-order valence-corrected chi connectivity index (χ0v) is 5.30. The van der Waals surface area contributed by atoms with Crippen LogP contribution in [0.2, 0.25) is 0 Å². The van der Waals surface area contributed by atoms with Crippen molar-refractivity contribution >= 4 is 13.8 Å². The molecule has 0 aromatic carbocycles. The van der Waals surface area contributed by atoms with Gasteiger partial charge in [0.05, 0.1) is 5.85 Å². The van der Waals surface area contributed by atoms with Gasteiger partial charge in [-0.25, -0.2) is 4.79 Å². The fourth-order valence-corrected chi connectivity index (χ4v) is 0.479. The molecule has 2 atom stereocenters. The molecule has 0 bridgehead atoms. The molecule has 0 saturated heterocycles. The number of aliphatic hydroxyl groups is 1. The second kappa shape index (κ2) is 2.97. The molecule has 0 rings (SSSR count). The predicted molar refractivity (Wildman–Crippen MR) is 30.8 cm³/mol. The Hall–Kier alpha value is -0.180. The second-order valence-electron chi connectivity index (χ2n) is 1.32. The Morgan fingerprint density at radius 2 is 2.25 bits per heavy atom. The van der Waals surface area contributed by atoms with Gasteiger partial charge in [0.2, 0.25) is 0 Å². The van der Waals surface area contributed by atoms with E-state index in [1.807, 2.05) is 0 Å². The Labute approximate surface area is 48.1 Å². The number of carbonyl (C=O) groups is 1. The average molecular weight is 137 g/mol. The molecule has 0 fully saturated rings. The summed E-state index contributed by atoms with van der Waals surface area (Å²) in [6, 6.07) is 0. The topological polar surface area (TPSA) is 83.5 Å². The monoisotopic (exact) mass is 137 g/mol. The number of hydrogen-bond acceptors (Lipinski definition) is 3. The summed E-state index contributed by atoms with van der Waals surface area (Å²) < 4.78 is 0. The van der Waals surface area contributed by atoms with E-state index >= 15 is 0 Å². The molecular weight excluding hydrogens is 129 g/mol. The Bertz CT molecular complexity index is 94.5. The van der Waals surface area contributed by atoms with Crippen molar-refractivity contribution in [2.45, 2.75) is 12.8 Å². The van der Waals surface area contributed by atoms with Gasteiger partial charge in [0, 0.05) is 0 Å². The summed E-state index contributed by atoms with van der Waals surface area (Å²) >= 11 is 0. The van der Waals surface area contributed by atoms with Crippen molar-refractivity contribution in [1.82, 2.24) is 0 Å². The molecule has 1 unspecified atom stereocenters. The highest BCUT2D eigenvalue weighted by atomic mass is 31.1. The first-order chi connectivity index (χ1) is 3.55. The van der Waals surface area contributed by atoms with E-state index in [0.717, 1.165) is 0 Å². The third-order valence-electron chi connectivity index (χ3n) is 0.623. The second-order valence-corrected chi connectivity index (χ2v) is 3.27. The van der Waals surface area contributed by atoms with E-state index < -0.39 is 19.6 Å². The number of rotatable bonds is 2. The molecule has 4 nitrogen and oxygen atoms in total. The molecule has 48 valence electrons. The van der Waals surface area contributed by atoms with Crippen molar-refractivity contribution in [2.24, 2.45) is 5.50 Å². The average Bonchev–Trinajstić information content (AvgIpc) is 1.64. The zero-order chi connectivity index (χ0) is 6.73. The molecule has 0 radical (unpaired) electrons. The fourth-order valence-electron chi connectivity index (χ4n) is 0.160. The van der Waals surface area contributed by atoms with Crippen LogP contribution in [-0.4, -0.2) is 21.8 Å². The molecule has 0 saturated carbocycles. The van der Waals surface area contributed by atoms with Gasteiger partial charge >= 0.3 is 5.71 Å². The van der Waals surface area contributed by atoms with E-state index in [0.29, 0.717) is 0 Å².